The Labute approximate surface area is 69.6 Å². The minimum atomic E-state index is -3.83. The minimum Gasteiger partial charge on any atom is -0.286 e. The molecule has 0 aliphatic rings. The Kier molecular flexibility index (Phi) is 4.46. The van der Waals surface area contributed by atoms with Crippen molar-refractivity contribution >= 4 is 27.0 Å². The van der Waals surface area contributed by atoms with E-state index < -0.39 is 10.1 Å². The quantitative estimate of drug-likeness (QED) is 0.212. The largest absolute Gasteiger partial charge is 0.299 e. The lowest BCUT2D eigenvalue weighted by Gasteiger charge is -1.93. The van der Waals surface area contributed by atoms with Crippen LogP contribution < -0.4 is 11.1 Å². The monoisotopic (exact) mass is 199 g/mol. The maximum Gasteiger partial charge on any atom is 0.299 e. The summed E-state index contributed by atoms with van der Waals surface area (Å²) < 4.78 is 28.6. The van der Waals surface area contributed by atoms with Crippen LogP contribution in [0.4, 0.5) is 0 Å². The van der Waals surface area contributed by atoms with Crippen molar-refractivity contribution in [2.45, 2.75) is 6.42 Å². The molecule has 0 saturated heterocycles. The predicted octanol–water partition coefficient (Wildman–Crippen LogP) is -1.93. The molecule has 0 rings (SSSR count). The fourth-order valence-corrected chi connectivity index (χ4v) is 1.65. The maximum atomic E-state index is 10.2. The fraction of sp³-hybridized carbons (Fsp3) is 0.750. The van der Waals surface area contributed by atoms with Crippen LogP contribution >= 0.6 is 11.8 Å². The van der Waals surface area contributed by atoms with E-state index in [-0.39, 0.29) is 10.9 Å². The summed E-state index contributed by atoms with van der Waals surface area (Å²) in [6.07, 6.45) is 0.349. The van der Waals surface area contributed by atoms with E-state index in [0.29, 0.717) is 12.2 Å². The summed E-state index contributed by atoms with van der Waals surface area (Å²) in [7, 11) is -3.83. The van der Waals surface area contributed by atoms with Gasteiger partial charge in [0, 0.05) is 5.75 Å². The first-order valence-corrected chi connectivity index (χ1v) is 5.47. The Balaban J connectivity index is 3.37. The van der Waals surface area contributed by atoms with Crippen molar-refractivity contribution in [2.75, 3.05) is 11.5 Å². The summed E-state index contributed by atoms with van der Waals surface area (Å²) in [4.78, 5) is 0. The number of hydrogen-bond donors (Lipinski definition) is 3. The van der Waals surface area contributed by atoms with Crippen LogP contribution in [0.25, 0.3) is 0 Å². The highest BCUT2D eigenvalue weighted by atomic mass is 32.2. The van der Waals surface area contributed by atoms with Crippen LogP contribution in [0, 0.1) is 0 Å². The first-order valence-electron chi connectivity index (χ1n) is 2.87. The van der Waals surface area contributed by atoms with Gasteiger partial charge >= 0.3 is 0 Å². The van der Waals surface area contributed by atoms with Gasteiger partial charge in [-0.25, -0.2) is 0 Å². The van der Waals surface area contributed by atoms with Crippen molar-refractivity contribution < 1.29 is 18.4 Å². The molecule has 0 heterocycles. The molecular formula is C4H11N2O3S2+. The summed E-state index contributed by atoms with van der Waals surface area (Å²) in [6.45, 7) is 0. The molecule has 0 amide bonds. The molecule has 0 aromatic rings. The Hall–Kier alpha value is -0.270. The van der Waals surface area contributed by atoms with Gasteiger partial charge in [-0.1, -0.05) is 0 Å². The normalized spacial score (nSPS) is 11.4. The molecule has 66 valence electrons. The lowest BCUT2D eigenvalue weighted by atomic mass is 10.6. The van der Waals surface area contributed by atoms with Crippen LogP contribution in [0.15, 0.2) is 0 Å². The number of nitrogens with two attached hydrogens (primary N) is 2. The molecule has 0 aromatic carbocycles. The third kappa shape index (κ3) is 9.73. The molecule has 7 heteroatoms. The van der Waals surface area contributed by atoms with Crippen LogP contribution in [-0.2, 0) is 10.1 Å². The maximum absolute atomic E-state index is 10.2. The van der Waals surface area contributed by atoms with Crippen molar-refractivity contribution in [3.8, 4) is 0 Å². The van der Waals surface area contributed by atoms with Gasteiger partial charge in [-0.2, -0.15) is 8.42 Å². The minimum absolute atomic E-state index is 0.209. The molecule has 0 spiro atoms. The Bertz CT molecular complexity index is 223. The van der Waals surface area contributed by atoms with Crippen molar-refractivity contribution in [2.24, 2.45) is 5.73 Å². The summed E-state index contributed by atoms with van der Waals surface area (Å²) >= 11 is 1.17. The molecule has 0 aliphatic carbocycles. The third-order valence-electron chi connectivity index (χ3n) is 0.815. The average molecular weight is 199 g/mol. The number of rotatable bonds is 4. The highest BCUT2D eigenvalue weighted by Crippen LogP contribution is 2.00. The van der Waals surface area contributed by atoms with Gasteiger partial charge in [-0.15, -0.1) is 0 Å². The van der Waals surface area contributed by atoms with Crippen LogP contribution in [0.3, 0.4) is 0 Å². The summed E-state index contributed by atoms with van der Waals surface area (Å²) in [5, 5.41) is 5.30. The SMILES string of the molecule is NC(=[NH2+])SCCCS(=O)(=O)O. The van der Waals surface area contributed by atoms with Gasteiger partial charge in [0.25, 0.3) is 15.3 Å². The van der Waals surface area contributed by atoms with Gasteiger partial charge in [-0.3, -0.25) is 15.7 Å². The van der Waals surface area contributed by atoms with Crippen LogP contribution in [0.2, 0.25) is 0 Å². The van der Waals surface area contributed by atoms with Crippen molar-refractivity contribution in [3.05, 3.63) is 0 Å². The van der Waals surface area contributed by atoms with Crippen molar-refractivity contribution in [1.82, 2.24) is 0 Å². The van der Waals surface area contributed by atoms with E-state index in [2.05, 4.69) is 0 Å². The molecule has 5 N–H and O–H groups in total. The molecule has 0 saturated carbocycles. The van der Waals surface area contributed by atoms with E-state index in [0.717, 1.165) is 0 Å². The van der Waals surface area contributed by atoms with Crippen molar-refractivity contribution in [1.29, 1.82) is 0 Å². The molecule has 0 bridgehead atoms. The lowest BCUT2D eigenvalue weighted by molar-refractivity contribution is -0.110. The molecule has 5 nitrogen and oxygen atoms in total. The van der Waals surface area contributed by atoms with E-state index >= 15 is 0 Å². The van der Waals surface area contributed by atoms with Gasteiger partial charge in [0.05, 0.1) is 5.75 Å². The van der Waals surface area contributed by atoms with E-state index in [9.17, 15) is 8.42 Å². The van der Waals surface area contributed by atoms with E-state index in [1.807, 2.05) is 0 Å². The Morgan fingerprint density at radius 2 is 2.18 bits per heavy atom. The number of amidine groups is 1. The second kappa shape index (κ2) is 4.58. The number of hydrogen-bond acceptors (Lipinski definition) is 3. The smallest absolute Gasteiger partial charge is 0.286 e. The highest BCUT2D eigenvalue weighted by molar-refractivity contribution is 8.13. The van der Waals surface area contributed by atoms with Gasteiger partial charge in [0.1, 0.15) is 0 Å². The predicted molar refractivity (Wildman–Crippen MR) is 44.6 cm³/mol. The molecule has 0 fully saturated rings. The van der Waals surface area contributed by atoms with Crippen LogP contribution in [-0.4, -0.2) is 29.6 Å². The average Bonchev–Trinajstić information content (AvgIpc) is 1.78. The first kappa shape index (κ1) is 10.7. The summed E-state index contributed by atoms with van der Waals surface area (Å²) in [5.74, 6) is 0.259. The standard InChI is InChI=1S/C4H10N2O3S2/c5-4(6)10-2-1-3-11(7,8)9/h1-3H2,(H3,5,6)(H,7,8,9)/p+1. The molecule has 0 aromatic heterocycles. The topological polar surface area (TPSA) is 106 Å². The highest BCUT2D eigenvalue weighted by Gasteiger charge is 2.04. The van der Waals surface area contributed by atoms with Crippen LogP contribution in [0.1, 0.15) is 6.42 Å². The van der Waals surface area contributed by atoms with Crippen LogP contribution in [0.5, 0.6) is 0 Å². The van der Waals surface area contributed by atoms with Gasteiger partial charge in [-0.05, 0) is 18.2 Å². The molecule has 0 radical (unpaired) electrons. The second-order valence-electron chi connectivity index (χ2n) is 1.89. The Morgan fingerprint density at radius 3 is 2.55 bits per heavy atom. The van der Waals surface area contributed by atoms with E-state index in [1.54, 1.807) is 0 Å². The lowest BCUT2D eigenvalue weighted by Crippen LogP contribution is -2.43. The summed E-state index contributed by atoms with van der Waals surface area (Å²) in [5.41, 5.74) is 5.09. The zero-order valence-electron chi connectivity index (χ0n) is 5.86. The number of thioether (sulfide) groups is 1. The first-order chi connectivity index (χ1) is 4.92. The van der Waals surface area contributed by atoms with Crippen molar-refractivity contribution in [3.63, 3.8) is 0 Å². The summed E-state index contributed by atoms with van der Waals surface area (Å²) in [6, 6.07) is 0. The molecule has 11 heavy (non-hydrogen) atoms. The van der Waals surface area contributed by atoms with Gasteiger partial charge in [0.2, 0.25) is 0 Å². The fourth-order valence-electron chi connectivity index (χ4n) is 0.431. The molecule has 0 atom stereocenters. The Morgan fingerprint density at radius 1 is 1.64 bits per heavy atom. The van der Waals surface area contributed by atoms with E-state index in [4.69, 9.17) is 15.7 Å². The van der Waals surface area contributed by atoms with Gasteiger partial charge < -0.3 is 0 Å². The molecule has 0 aliphatic heterocycles. The molecule has 0 unspecified atom stereocenters. The zero-order valence-corrected chi connectivity index (χ0v) is 7.49. The molecular weight excluding hydrogens is 188 g/mol. The third-order valence-corrected chi connectivity index (χ3v) is 2.45. The second-order valence-corrected chi connectivity index (χ2v) is 4.63. The van der Waals surface area contributed by atoms with Gasteiger partial charge in [0.15, 0.2) is 0 Å². The zero-order chi connectivity index (χ0) is 8.91. The van der Waals surface area contributed by atoms with E-state index in [1.165, 1.54) is 11.8 Å².